The molecule has 3 aliphatic rings. The minimum Gasteiger partial charge on any atom is -0.463 e. The minimum atomic E-state index is -1.37. The van der Waals surface area contributed by atoms with Gasteiger partial charge >= 0.3 is 5.97 Å². The molecule has 0 bridgehead atoms. The number of carbonyl (C=O) groups excluding carboxylic acids is 2. The Morgan fingerprint density at radius 1 is 1.10 bits per heavy atom. The number of aliphatic hydroxyl groups is 1. The summed E-state index contributed by atoms with van der Waals surface area (Å²) in [5.41, 5.74) is -1.37. The summed E-state index contributed by atoms with van der Waals surface area (Å²) in [6.45, 7) is 12.1. The summed E-state index contributed by atoms with van der Waals surface area (Å²) in [7, 11) is 7.58. The summed E-state index contributed by atoms with van der Waals surface area (Å²) < 4.78 is 24.5. The zero-order valence-electron chi connectivity index (χ0n) is 26.2. The van der Waals surface area contributed by atoms with E-state index in [9.17, 15) is 14.7 Å². The third kappa shape index (κ3) is 7.82. The van der Waals surface area contributed by atoms with E-state index in [-0.39, 0.29) is 36.5 Å². The number of Topliss-reactive ketones (excluding diaryl/α,β-unsaturated/α-hetero) is 1. The number of ketones is 1. The van der Waals surface area contributed by atoms with Crippen LogP contribution in [0.5, 0.6) is 0 Å². The van der Waals surface area contributed by atoms with E-state index in [2.05, 4.69) is 24.2 Å². The molecule has 3 rings (SSSR count). The summed E-state index contributed by atoms with van der Waals surface area (Å²) in [4.78, 5) is 31.7. The Bertz CT molecular complexity index is 834. The summed E-state index contributed by atoms with van der Waals surface area (Å²) in [6, 6.07) is -0.0812. The number of likely N-dealkylation sites (N-methyl/N-ethyl adjacent to an activating group) is 2. The number of piperidine rings is 1. The van der Waals surface area contributed by atoms with Crippen LogP contribution in [-0.4, -0.2) is 124 Å². The van der Waals surface area contributed by atoms with Crippen LogP contribution in [0.25, 0.3) is 0 Å². The minimum absolute atomic E-state index is 0.0702. The Balaban J connectivity index is 1.93. The predicted molar refractivity (Wildman–Crippen MR) is 153 cm³/mol. The summed E-state index contributed by atoms with van der Waals surface area (Å²) in [6.07, 6.45) is 0.219. The Kier molecular flexibility index (Phi) is 12.0. The maximum absolute atomic E-state index is 14.0. The highest BCUT2D eigenvalue weighted by molar-refractivity contribution is 6.04. The maximum Gasteiger partial charge on any atom is 0.319 e. The van der Waals surface area contributed by atoms with Gasteiger partial charge in [0.25, 0.3) is 0 Å². The number of aliphatic hydroxyl groups excluding tert-OH is 1. The van der Waals surface area contributed by atoms with Crippen LogP contribution in [0.4, 0.5) is 0 Å². The summed E-state index contributed by atoms with van der Waals surface area (Å²) >= 11 is 0. The first kappa shape index (κ1) is 33.4. The molecule has 0 radical (unpaired) electrons. The van der Waals surface area contributed by atoms with Gasteiger partial charge < -0.3 is 34.3 Å². The molecule has 10 nitrogen and oxygen atoms in total. The van der Waals surface area contributed by atoms with Crippen LogP contribution in [0.15, 0.2) is 0 Å². The number of hydrogen-bond donors (Lipinski definition) is 2. The third-order valence-electron chi connectivity index (χ3n) is 9.38. The van der Waals surface area contributed by atoms with Crippen molar-refractivity contribution in [1.82, 2.24) is 15.1 Å². The van der Waals surface area contributed by atoms with Crippen molar-refractivity contribution in [2.24, 2.45) is 23.2 Å². The highest BCUT2D eigenvalue weighted by Gasteiger charge is 2.48. The van der Waals surface area contributed by atoms with Crippen molar-refractivity contribution in [3.63, 3.8) is 0 Å². The van der Waals surface area contributed by atoms with Gasteiger partial charge in [0.1, 0.15) is 18.1 Å². The van der Waals surface area contributed by atoms with Gasteiger partial charge in [0.15, 0.2) is 12.1 Å². The second-order valence-electron chi connectivity index (χ2n) is 13.3. The smallest absolute Gasteiger partial charge is 0.319 e. The van der Waals surface area contributed by atoms with E-state index < -0.39 is 41.9 Å². The second kappa shape index (κ2) is 14.4. The number of nitrogens with one attached hydrogen (secondary N) is 1. The lowest BCUT2D eigenvalue weighted by Crippen LogP contribution is -2.57. The molecule has 0 aromatic carbocycles. The molecule has 0 unspecified atom stereocenters. The Morgan fingerprint density at radius 3 is 2.35 bits per heavy atom. The van der Waals surface area contributed by atoms with Gasteiger partial charge in [-0.05, 0) is 92.5 Å². The third-order valence-corrected chi connectivity index (χ3v) is 9.38. The lowest BCUT2D eigenvalue weighted by Gasteiger charge is -2.44. The molecule has 0 aromatic rings. The molecule has 0 aliphatic carbocycles. The molecule has 0 amide bonds. The monoisotopic (exact) mass is 569 g/mol. The first-order valence-corrected chi connectivity index (χ1v) is 15.1. The van der Waals surface area contributed by atoms with Gasteiger partial charge in [0, 0.05) is 31.7 Å². The molecule has 9 atom stereocenters. The van der Waals surface area contributed by atoms with E-state index in [1.807, 2.05) is 25.9 Å². The highest BCUT2D eigenvalue weighted by Crippen LogP contribution is 2.34. The standard InChI is InChI=1S/C30H55N3O7/c1-18-14-24(37-9)26(40-28-25(34)22(32(6)7)15-19(2)39-28)20(3)27(35)30(4,5)29(36)38-17-23(33(8)16-18)21-10-12-31-13-11-21/h18-26,28,31,34H,10-17H2,1-9H3/t18-,19-,20-,22+,23+,24-,25-,26-,28+/m1/s1. The molecule has 3 fully saturated rings. The molecular weight excluding hydrogens is 514 g/mol. The number of ether oxygens (including phenoxy) is 4. The molecule has 3 aliphatic heterocycles. The molecule has 40 heavy (non-hydrogen) atoms. The van der Waals surface area contributed by atoms with Gasteiger partial charge in [-0.1, -0.05) is 13.8 Å². The zero-order chi connectivity index (χ0) is 29.8. The average molecular weight is 570 g/mol. The van der Waals surface area contributed by atoms with E-state index in [0.717, 1.165) is 32.5 Å². The highest BCUT2D eigenvalue weighted by atomic mass is 16.7. The van der Waals surface area contributed by atoms with Crippen LogP contribution in [0.1, 0.15) is 60.3 Å². The van der Waals surface area contributed by atoms with Gasteiger partial charge in [-0.15, -0.1) is 0 Å². The Morgan fingerprint density at radius 2 is 1.75 bits per heavy atom. The van der Waals surface area contributed by atoms with E-state index in [1.165, 1.54) is 0 Å². The molecular formula is C30H55N3O7. The summed E-state index contributed by atoms with van der Waals surface area (Å²) in [5, 5.41) is 14.6. The van der Waals surface area contributed by atoms with E-state index in [1.54, 1.807) is 27.9 Å². The molecule has 2 N–H and O–H groups in total. The molecule has 3 saturated heterocycles. The number of hydrogen-bond acceptors (Lipinski definition) is 10. The number of methoxy groups -OCH3 is 1. The fraction of sp³-hybridized carbons (Fsp3) is 0.933. The van der Waals surface area contributed by atoms with E-state index in [4.69, 9.17) is 18.9 Å². The van der Waals surface area contributed by atoms with Crippen LogP contribution in [0, 0.1) is 23.2 Å². The van der Waals surface area contributed by atoms with Crippen molar-refractivity contribution < 1.29 is 33.6 Å². The van der Waals surface area contributed by atoms with Crippen molar-refractivity contribution in [2.75, 3.05) is 54.5 Å². The Labute approximate surface area is 241 Å². The molecule has 3 heterocycles. The van der Waals surface area contributed by atoms with Gasteiger partial charge in [-0.3, -0.25) is 14.5 Å². The lowest BCUT2D eigenvalue weighted by atomic mass is 9.78. The van der Waals surface area contributed by atoms with Crippen LogP contribution in [0.2, 0.25) is 0 Å². The van der Waals surface area contributed by atoms with Gasteiger partial charge in [0.2, 0.25) is 0 Å². The average Bonchev–Trinajstić information content (AvgIpc) is 2.91. The SMILES string of the molecule is CO[C@@H]1C[C@@H](C)CN(C)[C@H](C2CCNCC2)COC(=O)C(C)(C)C(=O)[C@H](C)[C@H]1O[C@@H]1O[C@H](C)C[C@H](N(C)C)[C@H]1O. The largest absolute Gasteiger partial charge is 0.463 e. The molecule has 232 valence electrons. The topological polar surface area (TPSA) is 110 Å². The quantitative estimate of drug-likeness (QED) is 0.377. The lowest BCUT2D eigenvalue weighted by molar-refractivity contribution is -0.284. The second-order valence-corrected chi connectivity index (χ2v) is 13.3. The number of carbonyl (C=O) groups is 2. The van der Waals surface area contributed by atoms with Crippen LogP contribution in [0.3, 0.4) is 0 Å². The van der Waals surface area contributed by atoms with Gasteiger partial charge in [-0.25, -0.2) is 0 Å². The number of nitrogens with zero attached hydrogens (tertiary/aromatic N) is 2. The Hall–Kier alpha value is -1.14. The summed E-state index contributed by atoms with van der Waals surface area (Å²) in [5.74, 6) is -0.885. The maximum atomic E-state index is 14.0. The zero-order valence-corrected chi connectivity index (χ0v) is 26.2. The van der Waals surface area contributed by atoms with Crippen LogP contribution in [-0.2, 0) is 28.5 Å². The van der Waals surface area contributed by atoms with Crippen molar-refractivity contribution in [1.29, 1.82) is 0 Å². The van der Waals surface area contributed by atoms with Crippen molar-refractivity contribution in [2.45, 2.75) is 103 Å². The predicted octanol–water partition coefficient (Wildman–Crippen LogP) is 1.93. The molecule has 0 spiro atoms. The first-order chi connectivity index (χ1) is 18.8. The molecule has 0 aromatic heterocycles. The number of rotatable bonds is 5. The van der Waals surface area contributed by atoms with Crippen molar-refractivity contribution in [3.8, 4) is 0 Å². The van der Waals surface area contributed by atoms with Crippen LogP contribution >= 0.6 is 0 Å². The van der Waals surface area contributed by atoms with E-state index in [0.29, 0.717) is 18.8 Å². The van der Waals surface area contributed by atoms with Gasteiger partial charge in [-0.2, -0.15) is 0 Å². The molecule has 10 heteroatoms. The molecule has 0 saturated carbocycles. The van der Waals surface area contributed by atoms with Crippen molar-refractivity contribution >= 4 is 11.8 Å². The van der Waals surface area contributed by atoms with Crippen LogP contribution < -0.4 is 5.32 Å². The van der Waals surface area contributed by atoms with E-state index >= 15 is 0 Å². The number of cyclic esters (lactones) is 1. The normalized spacial score (nSPS) is 39.7. The van der Waals surface area contributed by atoms with Gasteiger partial charge in [0.05, 0.1) is 18.3 Å². The fourth-order valence-corrected chi connectivity index (χ4v) is 6.81. The fourth-order valence-electron chi connectivity index (χ4n) is 6.81. The van der Waals surface area contributed by atoms with Crippen molar-refractivity contribution in [3.05, 3.63) is 0 Å². The first-order valence-electron chi connectivity index (χ1n) is 15.1. The number of esters is 1.